The highest BCUT2D eigenvalue weighted by Crippen LogP contribution is 2.22. The Kier molecular flexibility index (Phi) is 7.32. The van der Waals surface area contributed by atoms with E-state index in [2.05, 4.69) is 23.7 Å². The van der Waals surface area contributed by atoms with Crippen LogP contribution >= 0.6 is 0 Å². The molecule has 0 aromatic carbocycles. The van der Waals surface area contributed by atoms with Gasteiger partial charge in [0.1, 0.15) is 11.6 Å². The second kappa shape index (κ2) is 9.76. The molecule has 2 saturated heterocycles. The summed E-state index contributed by atoms with van der Waals surface area (Å²) in [6, 6.07) is 1.97. The molecule has 0 aliphatic carbocycles. The van der Waals surface area contributed by atoms with Gasteiger partial charge in [-0.1, -0.05) is 0 Å². The minimum atomic E-state index is -0.353. The van der Waals surface area contributed by atoms with Gasteiger partial charge < -0.3 is 14.6 Å². The number of likely N-dealkylation sites (tertiary alicyclic amines) is 1. The average Bonchev–Trinajstić information content (AvgIpc) is 2.67. The summed E-state index contributed by atoms with van der Waals surface area (Å²) in [5, 5.41) is 9.21. The standard InChI is InChI=1S/C23H34N4O3/c1-15-12-26(13-16(2)30-15)14-19-7-9-27(10-8-19)22(28)6-5-20-17(3)21(11-24)23(29)25-18(20)4/h15-16,19H,5-10,12-14H2,1-4H3,(H,25,29). The van der Waals surface area contributed by atoms with Crippen molar-refractivity contribution in [3.63, 3.8) is 0 Å². The molecule has 0 saturated carbocycles. The van der Waals surface area contributed by atoms with E-state index in [9.17, 15) is 14.9 Å². The molecule has 1 amide bonds. The van der Waals surface area contributed by atoms with E-state index in [0.29, 0.717) is 24.3 Å². The number of ether oxygens (including phenoxy) is 1. The quantitative estimate of drug-likeness (QED) is 0.797. The van der Waals surface area contributed by atoms with E-state index in [1.165, 1.54) is 0 Å². The summed E-state index contributed by atoms with van der Waals surface area (Å²) < 4.78 is 5.82. The number of amides is 1. The molecule has 2 unspecified atom stereocenters. The highest BCUT2D eigenvalue weighted by molar-refractivity contribution is 5.76. The Balaban J connectivity index is 1.49. The number of rotatable bonds is 5. The smallest absolute Gasteiger partial charge is 0.266 e. The van der Waals surface area contributed by atoms with E-state index in [1.54, 1.807) is 6.92 Å². The van der Waals surface area contributed by atoms with Crippen molar-refractivity contribution < 1.29 is 9.53 Å². The molecule has 1 N–H and O–H groups in total. The number of aryl methyl sites for hydroxylation is 1. The Hall–Kier alpha value is -2.17. The normalized spacial score (nSPS) is 23.4. The molecule has 2 aliphatic rings. The van der Waals surface area contributed by atoms with Gasteiger partial charge in [-0.05, 0) is 64.0 Å². The molecule has 2 atom stereocenters. The summed E-state index contributed by atoms with van der Waals surface area (Å²) in [6.45, 7) is 12.6. The number of aromatic amines is 1. The van der Waals surface area contributed by atoms with Gasteiger partial charge in [-0.25, -0.2) is 0 Å². The van der Waals surface area contributed by atoms with Gasteiger partial charge in [0.2, 0.25) is 5.91 Å². The van der Waals surface area contributed by atoms with E-state index in [0.717, 1.165) is 56.8 Å². The van der Waals surface area contributed by atoms with E-state index >= 15 is 0 Å². The molecule has 7 heteroatoms. The molecule has 0 radical (unpaired) electrons. The first-order valence-corrected chi connectivity index (χ1v) is 11.1. The second-order valence-electron chi connectivity index (χ2n) is 8.97. The van der Waals surface area contributed by atoms with Crippen molar-refractivity contribution in [1.29, 1.82) is 5.26 Å². The van der Waals surface area contributed by atoms with Crippen LogP contribution in [0.15, 0.2) is 4.79 Å². The van der Waals surface area contributed by atoms with Crippen molar-refractivity contribution in [2.45, 2.75) is 65.6 Å². The SMILES string of the molecule is Cc1[nH]c(=O)c(C#N)c(C)c1CCC(=O)N1CCC(CN2CC(C)OC(C)C2)CC1. The van der Waals surface area contributed by atoms with Crippen LogP contribution in [-0.2, 0) is 16.0 Å². The molecule has 1 aromatic heterocycles. The van der Waals surface area contributed by atoms with Crippen LogP contribution in [0.2, 0.25) is 0 Å². The Morgan fingerprint density at radius 3 is 2.43 bits per heavy atom. The largest absolute Gasteiger partial charge is 0.373 e. The lowest BCUT2D eigenvalue weighted by Crippen LogP contribution is -2.48. The lowest BCUT2D eigenvalue weighted by atomic mass is 9.94. The number of carbonyl (C=O) groups excluding carboxylic acids is 1. The summed E-state index contributed by atoms with van der Waals surface area (Å²) in [6.07, 6.45) is 3.61. The highest BCUT2D eigenvalue weighted by Gasteiger charge is 2.28. The first-order chi connectivity index (χ1) is 14.3. The molecule has 3 rings (SSSR count). The third kappa shape index (κ3) is 5.30. The van der Waals surface area contributed by atoms with Crippen LogP contribution in [0, 0.1) is 31.1 Å². The van der Waals surface area contributed by atoms with E-state index < -0.39 is 0 Å². The lowest BCUT2D eigenvalue weighted by Gasteiger charge is -2.39. The Bertz CT molecular complexity index is 854. The van der Waals surface area contributed by atoms with E-state index in [1.807, 2.05) is 17.9 Å². The van der Waals surface area contributed by atoms with Crippen LogP contribution < -0.4 is 5.56 Å². The summed E-state index contributed by atoms with van der Waals surface area (Å²) in [4.78, 5) is 31.9. The Morgan fingerprint density at radius 2 is 1.83 bits per heavy atom. The van der Waals surface area contributed by atoms with Crippen LogP contribution in [0.4, 0.5) is 0 Å². The fraction of sp³-hybridized carbons (Fsp3) is 0.696. The average molecular weight is 415 g/mol. The van der Waals surface area contributed by atoms with Gasteiger partial charge in [-0.2, -0.15) is 5.26 Å². The van der Waals surface area contributed by atoms with Gasteiger partial charge in [0, 0.05) is 44.8 Å². The molecular weight excluding hydrogens is 380 g/mol. The summed E-state index contributed by atoms with van der Waals surface area (Å²) in [7, 11) is 0. The monoisotopic (exact) mass is 414 g/mol. The lowest BCUT2D eigenvalue weighted by molar-refractivity contribution is -0.132. The number of carbonyl (C=O) groups is 1. The second-order valence-corrected chi connectivity index (χ2v) is 8.97. The summed E-state index contributed by atoms with van der Waals surface area (Å²) in [5.74, 6) is 0.791. The van der Waals surface area contributed by atoms with Crippen molar-refractivity contribution in [3.05, 3.63) is 32.7 Å². The number of nitrogens with one attached hydrogen (secondary N) is 1. The van der Waals surface area contributed by atoms with Crippen molar-refractivity contribution in [2.75, 3.05) is 32.7 Å². The molecule has 0 bridgehead atoms. The first-order valence-electron chi connectivity index (χ1n) is 11.1. The fourth-order valence-electron chi connectivity index (χ4n) is 4.97. The number of hydrogen-bond acceptors (Lipinski definition) is 5. The highest BCUT2D eigenvalue weighted by atomic mass is 16.5. The Morgan fingerprint density at radius 1 is 1.20 bits per heavy atom. The Labute approximate surface area is 179 Å². The zero-order chi connectivity index (χ0) is 21.8. The number of pyridine rings is 1. The van der Waals surface area contributed by atoms with Crippen molar-refractivity contribution in [2.24, 2.45) is 5.92 Å². The maximum absolute atomic E-state index is 12.8. The molecule has 2 aliphatic heterocycles. The van der Waals surface area contributed by atoms with Gasteiger partial charge in [-0.3, -0.25) is 14.5 Å². The number of piperidine rings is 1. The number of hydrogen-bond donors (Lipinski definition) is 1. The number of H-pyrrole nitrogens is 1. The third-order valence-electron chi connectivity index (χ3n) is 6.49. The van der Waals surface area contributed by atoms with Gasteiger partial charge in [0.05, 0.1) is 12.2 Å². The maximum Gasteiger partial charge on any atom is 0.266 e. The van der Waals surface area contributed by atoms with Crippen molar-refractivity contribution in [1.82, 2.24) is 14.8 Å². The van der Waals surface area contributed by atoms with Gasteiger partial charge >= 0.3 is 0 Å². The molecular formula is C23H34N4O3. The third-order valence-corrected chi connectivity index (χ3v) is 6.49. The van der Waals surface area contributed by atoms with Crippen LogP contribution in [-0.4, -0.2) is 65.6 Å². The molecule has 0 spiro atoms. The minimum Gasteiger partial charge on any atom is -0.373 e. The predicted molar refractivity (Wildman–Crippen MR) is 115 cm³/mol. The van der Waals surface area contributed by atoms with E-state index in [-0.39, 0.29) is 29.2 Å². The maximum atomic E-state index is 12.8. The number of nitriles is 1. The van der Waals surface area contributed by atoms with Crippen LogP contribution in [0.3, 0.4) is 0 Å². The van der Waals surface area contributed by atoms with Crippen molar-refractivity contribution in [3.8, 4) is 6.07 Å². The number of nitrogens with zero attached hydrogens (tertiary/aromatic N) is 3. The van der Waals surface area contributed by atoms with Crippen LogP contribution in [0.25, 0.3) is 0 Å². The molecule has 3 heterocycles. The van der Waals surface area contributed by atoms with E-state index in [4.69, 9.17) is 4.74 Å². The summed E-state index contributed by atoms with van der Waals surface area (Å²) >= 11 is 0. The zero-order valence-electron chi connectivity index (χ0n) is 18.7. The van der Waals surface area contributed by atoms with Crippen molar-refractivity contribution >= 4 is 5.91 Å². The van der Waals surface area contributed by atoms with Crippen LogP contribution in [0.1, 0.15) is 55.5 Å². The van der Waals surface area contributed by atoms with Gasteiger partial charge in [0.15, 0.2) is 0 Å². The molecule has 30 heavy (non-hydrogen) atoms. The minimum absolute atomic E-state index is 0.149. The topological polar surface area (TPSA) is 89.4 Å². The number of aromatic nitrogens is 1. The molecule has 2 fully saturated rings. The first kappa shape index (κ1) is 22.5. The summed E-state index contributed by atoms with van der Waals surface area (Å²) in [5.41, 5.74) is 2.14. The fourth-order valence-corrected chi connectivity index (χ4v) is 4.97. The molecule has 1 aromatic rings. The number of morpholine rings is 1. The zero-order valence-corrected chi connectivity index (χ0v) is 18.7. The molecule has 7 nitrogen and oxygen atoms in total. The molecule has 164 valence electrons. The van der Waals surface area contributed by atoms with Crippen LogP contribution in [0.5, 0.6) is 0 Å². The predicted octanol–water partition coefficient (Wildman–Crippen LogP) is 2.14. The van der Waals surface area contributed by atoms with Gasteiger partial charge in [-0.15, -0.1) is 0 Å². The van der Waals surface area contributed by atoms with Gasteiger partial charge in [0.25, 0.3) is 5.56 Å².